The van der Waals surface area contributed by atoms with Gasteiger partial charge in [0.25, 0.3) is 5.91 Å². The number of nitrogens with zero attached hydrogens (tertiary/aromatic N) is 2. The second-order valence-electron chi connectivity index (χ2n) is 7.12. The molecule has 2 amide bonds. The quantitative estimate of drug-likeness (QED) is 0.825. The van der Waals surface area contributed by atoms with Crippen LogP contribution in [0.3, 0.4) is 0 Å². The van der Waals surface area contributed by atoms with Gasteiger partial charge in [-0.2, -0.15) is 0 Å². The van der Waals surface area contributed by atoms with Crippen molar-refractivity contribution >= 4 is 23.0 Å². The van der Waals surface area contributed by atoms with Crippen LogP contribution in [0.1, 0.15) is 29.0 Å². The summed E-state index contributed by atoms with van der Waals surface area (Å²) in [5.74, 6) is 0.937. The Kier molecular flexibility index (Phi) is 3.82. The van der Waals surface area contributed by atoms with Crippen LogP contribution in [0.4, 0.5) is 4.79 Å². The van der Waals surface area contributed by atoms with Crippen LogP contribution in [0.2, 0.25) is 0 Å². The van der Waals surface area contributed by atoms with Crippen molar-refractivity contribution in [3.63, 3.8) is 0 Å². The van der Waals surface area contributed by atoms with E-state index in [0.717, 1.165) is 10.9 Å². The summed E-state index contributed by atoms with van der Waals surface area (Å²) in [6.07, 6.45) is 0.996. The molecule has 1 aromatic heterocycles. The maximum atomic E-state index is 13.0. The molecule has 0 unspecified atom stereocenters. The fraction of sp³-hybridized carbons (Fsp3) is 0.474. The van der Waals surface area contributed by atoms with E-state index in [1.54, 1.807) is 30.0 Å². The Balaban J connectivity index is 1.53. The number of fused-ring (bicyclic) bond motifs is 1. The molecule has 7 heteroatoms. The second-order valence-corrected chi connectivity index (χ2v) is 7.12. The number of amides is 2. The van der Waals surface area contributed by atoms with Crippen LogP contribution in [0.15, 0.2) is 22.6 Å². The van der Waals surface area contributed by atoms with Gasteiger partial charge in [-0.1, -0.05) is 0 Å². The molecule has 1 spiro atoms. The van der Waals surface area contributed by atoms with Gasteiger partial charge < -0.3 is 23.7 Å². The van der Waals surface area contributed by atoms with Crippen molar-refractivity contribution in [3.8, 4) is 5.75 Å². The van der Waals surface area contributed by atoms with Gasteiger partial charge in [0.2, 0.25) is 0 Å². The minimum Gasteiger partial charge on any atom is -0.497 e. The second kappa shape index (κ2) is 5.93. The molecule has 26 heavy (non-hydrogen) atoms. The van der Waals surface area contributed by atoms with Crippen molar-refractivity contribution < 1.29 is 23.5 Å². The molecule has 7 nitrogen and oxygen atoms in total. The number of carbonyl (C=O) groups is 2. The third-order valence-electron chi connectivity index (χ3n) is 5.44. The highest BCUT2D eigenvalue weighted by Crippen LogP contribution is 2.34. The summed E-state index contributed by atoms with van der Waals surface area (Å²) in [5.41, 5.74) is 1.02. The maximum absolute atomic E-state index is 13.0. The number of ether oxygens (including phenoxy) is 2. The lowest BCUT2D eigenvalue weighted by Gasteiger charge is -2.37. The van der Waals surface area contributed by atoms with Crippen molar-refractivity contribution in [1.82, 2.24) is 9.80 Å². The van der Waals surface area contributed by atoms with E-state index in [9.17, 15) is 9.59 Å². The van der Waals surface area contributed by atoms with Crippen molar-refractivity contribution in [2.75, 3.05) is 33.8 Å². The number of piperidine rings is 1. The average Bonchev–Trinajstić information content (AvgIpc) is 3.11. The third kappa shape index (κ3) is 2.58. The molecule has 0 saturated carbocycles. The van der Waals surface area contributed by atoms with Crippen LogP contribution in [0.5, 0.6) is 5.75 Å². The van der Waals surface area contributed by atoms with E-state index in [0.29, 0.717) is 49.6 Å². The lowest BCUT2D eigenvalue weighted by Crippen LogP contribution is -2.48. The monoisotopic (exact) mass is 358 g/mol. The van der Waals surface area contributed by atoms with Gasteiger partial charge in [0.05, 0.1) is 13.7 Å². The number of benzene rings is 1. The van der Waals surface area contributed by atoms with Crippen LogP contribution in [-0.4, -0.2) is 61.2 Å². The predicted molar refractivity (Wildman–Crippen MR) is 94.5 cm³/mol. The molecule has 2 saturated heterocycles. The molecule has 2 aliphatic heterocycles. The molecule has 0 bridgehead atoms. The highest BCUT2D eigenvalue weighted by Gasteiger charge is 2.46. The fourth-order valence-corrected chi connectivity index (χ4v) is 3.85. The first-order chi connectivity index (χ1) is 12.4. The molecule has 2 aliphatic rings. The van der Waals surface area contributed by atoms with Gasteiger partial charge in [-0.3, -0.25) is 4.79 Å². The zero-order chi connectivity index (χ0) is 18.5. The van der Waals surface area contributed by atoms with Gasteiger partial charge >= 0.3 is 6.09 Å². The zero-order valence-corrected chi connectivity index (χ0v) is 15.2. The molecule has 138 valence electrons. The van der Waals surface area contributed by atoms with E-state index in [2.05, 4.69) is 0 Å². The standard InChI is InChI=1S/C19H22N2O5/c1-12-14-5-4-13(24-3)10-15(14)25-16(12)17(22)21-8-6-19(7-9-21)11-20(2)18(23)26-19/h4-5,10H,6-9,11H2,1-3H3. The zero-order valence-electron chi connectivity index (χ0n) is 15.2. The highest BCUT2D eigenvalue weighted by atomic mass is 16.6. The summed E-state index contributed by atoms with van der Waals surface area (Å²) in [7, 11) is 3.33. The summed E-state index contributed by atoms with van der Waals surface area (Å²) in [4.78, 5) is 28.0. The summed E-state index contributed by atoms with van der Waals surface area (Å²) in [6, 6.07) is 5.55. The van der Waals surface area contributed by atoms with Gasteiger partial charge in [0.15, 0.2) is 5.76 Å². The molecule has 0 N–H and O–H groups in total. The van der Waals surface area contributed by atoms with Gasteiger partial charge in [-0.05, 0) is 19.1 Å². The summed E-state index contributed by atoms with van der Waals surface area (Å²) >= 11 is 0. The number of aryl methyl sites for hydroxylation is 1. The summed E-state index contributed by atoms with van der Waals surface area (Å²) in [5, 5.41) is 0.911. The largest absolute Gasteiger partial charge is 0.497 e. The normalized spacial score (nSPS) is 19.3. The van der Waals surface area contributed by atoms with Crippen molar-refractivity contribution in [2.24, 2.45) is 0 Å². The lowest BCUT2D eigenvalue weighted by atomic mass is 9.91. The van der Waals surface area contributed by atoms with E-state index >= 15 is 0 Å². The minimum atomic E-state index is -0.459. The van der Waals surface area contributed by atoms with Crippen LogP contribution >= 0.6 is 0 Å². The first kappa shape index (κ1) is 16.8. The van der Waals surface area contributed by atoms with Crippen LogP contribution in [-0.2, 0) is 4.74 Å². The van der Waals surface area contributed by atoms with E-state index in [1.807, 2.05) is 19.1 Å². The first-order valence-corrected chi connectivity index (χ1v) is 8.73. The van der Waals surface area contributed by atoms with Gasteiger partial charge in [-0.15, -0.1) is 0 Å². The summed E-state index contributed by atoms with van der Waals surface area (Å²) < 4.78 is 16.6. The number of carbonyl (C=O) groups excluding carboxylic acids is 2. The molecule has 0 radical (unpaired) electrons. The number of likely N-dealkylation sites (tertiary alicyclic amines) is 1. The molecule has 4 rings (SSSR count). The average molecular weight is 358 g/mol. The molecular formula is C19H22N2O5. The van der Waals surface area contributed by atoms with Crippen LogP contribution < -0.4 is 4.74 Å². The Hall–Kier alpha value is -2.70. The van der Waals surface area contributed by atoms with Crippen molar-refractivity contribution in [3.05, 3.63) is 29.5 Å². The maximum Gasteiger partial charge on any atom is 0.410 e. The number of hydrogen-bond donors (Lipinski definition) is 0. The molecule has 1 aromatic carbocycles. The van der Waals surface area contributed by atoms with Crippen molar-refractivity contribution in [2.45, 2.75) is 25.4 Å². The smallest absolute Gasteiger partial charge is 0.410 e. The fourth-order valence-electron chi connectivity index (χ4n) is 3.85. The van der Waals surface area contributed by atoms with E-state index in [-0.39, 0.29) is 12.0 Å². The highest BCUT2D eigenvalue weighted by molar-refractivity contribution is 5.99. The molecular weight excluding hydrogens is 336 g/mol. The molecule has 0 aliphatic carbocycles. The minimum absolute atomic E-state index is 0.120. The van der Waals surface area contributed by atoms with Crippen LogP contribution in [0, 0.1) is 6.92 Å². The topological polar surface area (TPSA) is 72.2 Å². The van der Waals surface area contributed by atoms with E-state index in [4.69, 9.17) is 13.9 Å². The van der Waals surface area contributed by atoms with E-state index in [1.165, 1.54) is 0 Å². The lowest BCUT2D eigenvalue weighted by molar-refractivity contribution is 0.00233. The predicted octanol–water partition coefficient (Wildman–Crippen LogP) is 2.81. The van der Waals surface area contributed by atoms with Gasteiger partial charge in [-0.25, -0.2) is 4.79 Å². The van der Waals surface area contributed by atoms with Crippen LogP contribution in [0.25, 0.3) is 11.0 Å². The Morgan fingerprint density at radius 1 is 1.27 bits per heavy atom. The molecule has 3 heterocycles. The number of likely N-dealkylation sites (N-methyl/N-ethyl adjacent to an activating group) is 1. The Morgan fingerprint density at radius 3 is 2.62 bits per heavy atom. The molecule has 2 aromatic rings. The number of methoxy groups -OCH3 is 1. The van der Waals surface area contributed by atoms with Gasteiger partial charge in [0.1, 0.15) is 16.9 Å². The molecule has 0 atom stereocenters. The van der Waals surface area contributed by atoms with E-state index < -0.39 is 5.60 Å². The Labute approximate surface area is 151 Å². The Bertz CT molecular complexity index is 879. The van der Waals surface area contributed by atoms with Crippen molar-refractivity contribution in [1.29, 1.82) is 0 Å². The number of hydrogen-bond acceptors (Lipinski definition) is 5. The SMILES string of the molecule is COc1ccc2c(C)c(C(=O)N3CCC4(CC3)CN(C)C(=O)O4)oc2c1. The third-order valence-corrected chi connectivity index (χ3v) is 5.44. The summed E-state index contributed by atoms with van der Waals surface area (Å²) in [6.45, 7) is 3.56. The number of furan rings is 1. The Morgan fingerprint density at radius 2 is 2.00 bits per heavy atom. The number of rotatable bonds is 2. The first-order valence-electron chi connectivity index (χ1n) is 8.73. The van der Waals surface area contributed by atoms with Gasteiger partial charge in [0, 0.05) is 50.0 Å². The molecule has 2 fully saturated rings.